The summed E-state index contributed by atoms with van der Waals surface area (Å²) in [6.45, 7) is 4.08. The molecule has 2 unspecified atom stereocenters. The summed E-state index contributed by atoms with van der Waals surface area (Å²) in [5.41, 5.74) is 7.23. The van der Waals surface area contributed by atoms with E-state index < -0.39 is 5.54 Å². The zero-order valence-electron chi connectivity index (χ0n) is 11.5. The molecular formula is C15H21ClN2O. The number of carbonyl (C=O) groups excluding carboxylic acids is 1. The fraction of sp³-hybridized carbons (Fsp3) is 0.533. The van der Waals surface area contributed by atoms with Gasteiger partial charge in [0, 0.05) is 10.7 Å². The molecule has 0 saturated heterocycles. The van der Waals surface area contributed by atoms with E-state index in [1.165, 1.54) is 0 Å². The van der Waals surface area contributed by atoms with Gasteiger partial charge >= 0.3 is 0 Å². The average Bonchev–Trinajstić information content (AvgIpc) is 2.33. The van der Waals surface area contributed by atoms with Gasteiger partial charge in [0.25, 0.3) is 0 Å². The first kappa shape index (κ1) is 14.4. The highest BCUT2D eigenvalue weighted by molar-refractivity contribution is 6.31. The van der Waals surface area contributed by atoms with E-state index in [9.17, 15) is 4.79 Å². The molecule has 0 aliphatic heterocycles. The number of hydrogen-bond donors (Lipinski definition) is 2. The van der Waals surface area contributed by atoms with Crippen LogP contribution in [0.3, 0.4) is 0 Å². The molecule has 1 amide bonds. The quantitative estimate of drug-likeness (QED) is 0.871. The van der Waals surface area contributed by atoms with Gasteiger partial charge in [-0.2, -0.15) is 0 Å². The topological polar surface area (TPSA) is 55.1 Å². The Kier molecular flexibility index (Phi) is 4.16. The molecule has 0 radical (unpaired) electrons. The lowest BCUT2D eigenvalue weighted by atomic mass is 9.76. The third-order valence-corrected chi connectivity index (χ3v) is 4.32. The third kappa shape index (κ3) is 3.28. The van der Waals surface area contributed by atoms with Crippen LogP contribution in [-0.2, 0) is 4.79 Å². The van der Waals surface area contributed by atoms with E-state index in [1.54, 1.807) is 6.07 Å². The highest BCUT2D eigenvalue weighted by Gasteiger charge is 2.37. The number of nitrogens with one attached hydrogen (secondary N) is 1. The maximum Gasteiger partial charge on any atom is 0.244 e. The highest BCUT2D eigenvalue weighted by atomic mass is 35.5. The van der Waals surface area contributed by atoms with Gasteiger partial charge in [-0.15, -0.1) is 0 Å². The summed E-state index contributed by atoms with van der Waals surface area (Å²) in [6.07, 6.45) is 3.67. The van der Waals surface area contributed by atoms with Crippen LogP contribution >= 0.6 is 11.6 Å². The minimum absolute atomic E-state index is 0.0982. The average molecular weight is 281 g/mol. The molecule has 1 aromatic carbocycles. The van der Waals surface area contributed by atoms with Crippen molar-refractivity contribution in [2.75, 3.05) is 5.32 Å². The van der Waals surface area contributed by atoms with E-state index in [4.69, 9.17) is 17.3 Å². The lowest BCUT2D eigenvalue weighted by Crippen LogP contribution is -2.53. The van der Waals surface area contributed by atoms with Gasteiger partial charge in [-0.05, 0) is 43.4 Å². The summed E-state index contributed by atoms with van der Waals surface area (Å²) in [6, 6.07) is 5.52. The molecule has 2 atom stereocenters. The van der Waals surface area contributed by atoms with Gasteiger partial charge in [0.05, 0.1) is 5.54 Å². The first-order valence-corrected chi connectivity index (χ1v) is 7.15. The van der Waals surface area contributed by atoms with E-state index in [-0.39, 0.29) is 5.91 Å². The van der Waals surface area contributed by atoms with Crippen molar-refractivity contribution in [1.29, 1.82) is 0 Å². The van der Waals surface area contributed by atoms with E-state index in [2.05, 4.69) is 12.2 Å². The van der Waals surface area contributed by atoms with Crippen LogP contribution in [0.2, 0.25) is 5.02 Å². The van der Waals surface area contributed by atoms with Crippen LogP contribution in [0.1, 0.15) is 38.2 Å². The van der Waals surface area contributed by atoms with Crippen molar-refractivity contribution in [1.82, 2.24) is 0 Å². The Hall–Kier alpha value is -1.06. The zero-order valence-corrected chi connectivity index (χ0v) is 12.3. The van der Waals surface area contributed by atoms with Crippen LogP contribution < -0.4 is 11.1 Å². The van der Waals surface area contributed by atoms with E-state index in [0.29, 0.717) is 16.6 Å². The van der Waals surface area contributed by atoms with E-state index >= 15 is 0 Å². The largest absolute Gasteiger partial charge is 0.324 e. The highest BCUT2D eigenvalue weighted by Crippen LogP contribution is 2.31. The van der Waals surface area contributed by atoms with Crippen LogP contribution in [0.5, 0.6) is 0 Å². The zero-order chi connectivity index (χ0) is 14.0. The fourth-order valence-corrected chi connectivity index (χ4v) is 2.90. The maximum atomic E-state index is 12.4. The van der Waals surface area contributed by atoms with Crippen LogP contribution in [0.15, 0.2) is 18.2 Å². The first-order chi connectivity index (χ1) is 8.90. The molecule has 3 N–H and O–H groups in total. The molecule has 4 heteroatoms. The monoisotopic (exact) mass is 280 g/mol. The molecule has 3 nitrogen and oxygen atoms in total. The van der Waals surface area contributed by atoms with Gasteiger partial charge in [-0.1, -0.05) is 37.4 Å². The van der Waals surface area contributed by atoms with E-state index in [0.717, 1.165) is 31.2 Å². The number of benzene rings is 1. The first-order valence-electron chi connectivity index (χ1n) is 6.77. The maximum absolute atomic E-state index is 12.4. The summed E-state index contributed by atoms with van der Waals surface area (Å²) >= 11 is 6.06. The molecule has 0 bridgehead atoms. The molecule has 1 aliphatic carbocycles. The van der Waals surface area contributed by atoms with Gasteiger partial charge in [-0.25, -0.2) is 0 Å². The molecule has 1 aromatic rings. The van der Waals surface area contributed by atoms with Gasteiger partial charge in [0.2, 0.25) is 5.91 Å². The summed E-state index contributed by atoms with van der Waals surface area (Å²) in [4.78, 5) is 12.4. The second kappa shape index (κ2) is 5.51. The summed E-state index contributed by atoms with van der Waals surface area (Å²) in [5, 5.41) is 3.55. The summed E-state index contributed by atoms with van der Waals surface area (Å²) in [7, 11) is 0. The van der Waals surface area contributed by atoms with Crippen molar-refractivity contribution in [2.24, 2.45) is 11.7 Å². The Morgan fingerprint density at radius 2 is 2.26 bits per heavy atom. The Bertz CT molecular complexity index is 489. The number of anilines is 1. The summed E-state index contributed by atoms with van der Waals surface area (Å²) < 4.78 is 0. The molecule has 0 spiro atoms. The van der Waals surface area contributed by atoms with Gasteiger partial charge in [-0.3, -0.25) is 4.79 Å². The number of amides is 1. The SMILES string of the molecule is Cc1ccc(NC(=O)C2(N)CCCC(C)C2)cc1Cl. The number of rotatable bonds is 2. The van der Waals surface area contributed by atoms with Crippen molar-refractivity contribution in [2.45, 2.75) is 45.1 Å². The Labute approximate surface area is 119 Å². The normalized spacial score (nSPS) is 27.1. The van der Waals surface area contributed by atoms with Crippen molar-refractivity contribution in [3.8, 4) is 0 Å². The number of aryl methyl sites for hydroxylation is 1. The molecule has 0 aromatic heterocycles. The number of carbonyl (C=O) groups is 1. The van der Waals surface area contributed by atoms with Crippen molar-refractivity contribution in [3.05, 3.63) is 28.8 Å². The molecule has 1 fully saturated rings. The minimum atomic E-state index is -0.741. The number of nitrogens with two attached hydrogens (primary N) is 1. The van der Waals surface area contributed by atoms with Gasteiger partial charge < -0.3 is 11.1 Å². The molecule has 2 rings (SSSR count). The van der Waals surface area contributed by atoms with Crippen LogP contribution in [0.4, 0.5) is 5.69 Å². The molecule has 1 aliphatic rings. The van der Waals surface area contributed by atoms with Crippen LogP contribution in [-0.4, -0.2) is 11.4 Å². The van der Waals surface area contributed by atoms with Crippen molar-refractivity contribution >= 4 is 23.2 Å². The molecule has 104 valence electrons. The number of halogens is 1. The van der Waals surface area contributed by atoms with Crippen molar-refractivity contribution in [3.63, 3.8) is 0 Å². The second-order valence-corrected chi connectivity index (χ2v) is 6.18. The standard InChI is InChI=1S/C15H21ClN2O/c1-10-4-3-7-15(17,9-10)14(19)18-12-6-5-11(2)13(16)8-12/h5-6,8,10H,3-4,7,9,17H2,1-2H3,(H,18,19). The molecule has 0 heterocycles. The summed E-state index contributed by atoms with van der Waals surface area (Å²) in [5.74, 6) is 0.407. The smallest absolute Gasteiger partial charge is 0.244 e. The van der Waals surface area contributed by atoms with Crippen LogP contribution in [0, 0.1) is 12.8 Å². The Morgan fingerprint density at radius 3 is 2.89 bits per heavy atom. The molecular weight excluding hydrogens is 260 g/mol. The number of hydrogen-bond acceptors (Lipinski definition) is 2. The van der Waals surface area contributed by atoms with Gasteiger partial charge in [0.15, 0.2) is 0 Å². The lowest BCUT2D eigenvalue weighted by Gasteiger charge is -2.35. The van der Waals surface area contributed by atoms with Gasteiger partial charge in [0.1, 0.15) is 0 Å². The van der Waals surface area contributed by atoms with Crippen molar-refractivity contribution < 1.29 is 4.79 Å². The van der Waals surface area contributed by atoms with E-state index in [1.807, 2.05) is 19.1 Å². The molecule has 1 saturated carbocycles. The van der Waals surface area contributed by atoms with Crippen LogP contribution in [0.25, 0.3) is 0 Å². The predicted molar refractivity (Wildman–Crippen MR) is 79.4 cm³/mol. The third-order valence-electron chi connectivity index (χ3n) is 3.91. The lowest BCUT2D eigenvalue weighted by molar-refractivity contribution is -0.122. The molecule has 19 heavy (non-hydrogen) atoms. The Balaban J connectivity index is 2.09. The predicted octanol–water partition coefficient (Wildman–Crippen LogP) is 3.49. The fourth-order valence-electron chi connectivity index (χ4n) is 2.72. The minimum Gasteiger partial charge on any atom is -0.324 e. The Morgan fingerprint density at radius 1 is 1.53 bits per heavy atom. The second-order valence-electron chi connectivity index (χ2n) is 5.78.